The largest absolute Gasteiger partial charge is 0.0956 e. The summed E-state index contributed by atoms with van der Waals surface area (Å²) in [6.45, 7) is 8.91. The third-order valence-electron chi connectivity index (χ3n) is 6.79. The average Bonchev–Trinajstić information content (AvgIpc) is 3.02. The predicted molar refractivity (Wildman–Crippen MR) is 111 cm³/mol. The van der Waals surface area contributed by atoms with Crippen molar-refractivity contribution in [2.45, 2.75) is 84.5 Å². The van der Waals surface area contributed by atoms with Gasteiger partial charge in [0, 0.05) is 0 Å². The highest BCUT2D eigenvalue weighted by Crippen LogP contribution is 2.49. The molecule has 0 heterocycles. The van der Waals surface area contributed by atoms with E-state index < -0.39 is 0 Å². The quantitative estimate of drug-likeness (QED) is 0.449. The van der Waals surface area contributed by atoms with Crippen LogP contribution in [0.25, 0.3) is 0 Å². The Morgan fingerprint density at radius 2 is 1.80 bits per heavy atom. The van der Waals surface area contributed by atoms with Crippen LogP contribution in [0.15, 0.2) is 47.6 Å². The van der Waals surface area contributed by atoms with Gasteiger partial charge >= 0.3 is 0 Å². The van der Waals surface area contributed by atoms with E-state index >= 15 is 0 Å². The van der Waals surface area contributed by atoms with Crippen molar-refractivity contribution in [2.75, 3.05) is 0 Å². The molecule has 0 heteroatoms. The van der Waals surface area contributed by atoms with Crippen molar-refractivity contribution in [1.82, 2.24) is 0 Å². The minimum absolute atomic E-state index is 0.791. The van der Waals surface area contributed by atoms with Crippen LogP contribution < -0.4 is 0 Å². The molecule has 0 spiro atoms. The second kappa shape index (κ2) is 9.06. The Morgan fingerprint density at radius 3 is 2.60 bits per heavy atom. The van der Waals surface area contributed by atoms with E-state index in [1.54, 1.807) is 5.57 Å². The van der Waals surface area contributed by atoms with Crippen LogP contribution in [0.3, 0.4) is 0 Å². The van der Waals surface area contributed by atoms with Gasteiger partial charge in [-0.15, -0.1) is 0 Å². The first-order valence-electron chi connectivity index (χ1n) is 10.9. The van der Waals surface area contributed by atoms with Gasteiger partial charge < -0.3 is 0 Å². The lowest BCUT2D eigenvalue weighted by atomic mass is 9.74. The van der Waals surface area contributed by atoms with Gasteiger partial charge in [-0.1, -0.05) is 55.9 Å². The Bertz CT molecular complexity index is 542. The van der Waals surface area contributed by atoms with Crippen molar-refractivity contribution < 1.29 is 0 Å². The zero-order valence-corrected chi connectivity index (χ0v) is 16.6. The molecule has 0 aromatic carbocycles. The maximum Gasteiger partial charge on any atom is -0.0169 e. The lowest BCUT2D eigenvalue weighted by molar-refractivity contribution is 0.279. The smallest absolute Gasteiger partial charge is 0.0169 e. The van der Waals surface area contributed by atoms with Crippen molar-refractivity contribution in [3.63, 3.8) is 0 Å². The molecule has 3 fully saturated rings. The van der Waals surface area contributed by atoms with Crippen molar-refractivity contribution in [1.29, 1.82) is 0 Å². The summed E-state index contributed by atoms with van der Waals surface area (Å²) in [5, 5.41) is 0. The van der Waals surface area contributed by atoms with E-state index in [1.165, 1.54) is 81.8 Å². The minimum Gasteiger partial charge on any atom is -0.0956 e. The molecule has 0 aromatic heterocycles. The van der Waals surface area contributed by atoms with E-state index in [4.69, 9.17) is 0 Å². The van der Waals surface area contributed by atoms with Crippen LogP contribution in [0.4, 0.5) is 0 Å². The Balaban J connectivity index is 1.61. The molecule has 0 N–H and O–H groups in total. The molecule has 3 aliphatic carbocycles. The summed E-state index contributed by atoms with van der Waals surface area (Å²) in [7, 11) is 0. The van der Waals surface area contributed by atoms with Gasteiger partial charge in [-0.05, 0) is 99.9 Å². The van der Waals surface area contributed by atoms with E-state index in [-0.39, 0.29) is 0 Å². The summed E-state index contributed by atoms with van der Waals surface area (Å²) in [6, 6.07) is 0. The van der Waals surface area contributed by atoms with Crippen LogP contribution in [0.1, 0.15) is 84.5 Å². The molecule has 3 atom stereocenters. The van der Waals surface area contributed by atoms with Crippen molar-refractivity contribution in [3.8, 4) is 0 Å². The monoisotopic (exact) mass is 338 g/mol. The zero-order chi connectivity index (χ0) is 17.6. The van der Waals surface area contributed by atoms with Gasteiger partial charge in [-0.3, -0.25) is 0 Å². The van der Waals surface area contributed by atoms with E-state index in [1.807, 2.05) is 0 Å². The predicted octanol–water partition coefficient (Wildman–Crippen LogP) is 7.79. The highest BCUT2D eigenvalue weighted by Gasteiger charge is 2.38. The summed E-state index contributed by atoms with van der Waals surface area (Å²) in [4.78, 5) is 0. The van der Waals surface area contributed by atoms with Gasteiger partial charge in [0.25, 0.3) is 0 Å². The van der Waals surface area contributed by atoms with Crippen LogP contribution in [0.5, 0.6) is 0 Å². The molecule has 3 unspecified atom stereocenters. The van der Waals surface area contributed by atoms with Crippen LogP contribution in [-0.2, 0) is 0 Å². The number of rotatable bonds is 5. The number of hydrogen-bond acceptors (Lipinski definition) is 0. The summed E-state index contributed by atoms with van der Waals surface area (Å²) in [5.41, 5.74) is 4.69. The lowest BCUT2D eigenvalue weighted by Crippen LogP contribution is -2.21. The Hall–Kier alpha value is -1.04. The van der Waals surface area contributed by atoms with Crippen LogP contribution in [0.2, 0.25) is 0 Å². The number of allylic oxidation sites excluding steroid dienone is 7. The van der Waals surface area contributed by atoms with Crippen molar-refractivity contribution in [2.24, 2.45) is 23.7 Å². The Morgan fingerprint density at radius 1 is 0.960 bits per heavy atom. The van der Waals surface area contributed by atoms with Crippen LogP contribution >= 0.6 is 0 Å². The minimum atomic E-state index is 0.791. The van der Waals surface area contributed by atoms with Crippen molar-refractivity contribution in [3.05, 3.63) is 47.6 Å². The van der Waals surface area contributed by atoms with Gasteiger partial charge in [0.15, 0.2) is 0 Å². The second-order valence-corrected chi connectivity index (χ2v) is 9.08. The van der Waals surface area contributed by atoms with Gasteiger partial charge in [-0.25, -0.2) is 0 Å². The molecule has 0 bridgehead atoms. The molecule has 3 rings (SSSR count). The van der Waals surface area contributed by atoms with E-state index in [0.29, 0.717) is 0 Å². The molecule has 0 nitrogen and oxygen atoms in total. The van der Waals surface area contributed by atoms with Gasteiger partial charge in [-0.2, -0.15) is 0 Å². The third-order valence-corrected chi connectivity index (χ3v) is 6.79. The summed E-state index contributed by atoms with van der Waals surface area (Å²) >= 11 is 0. The fourth-order valence-corrected chi connectivity index (χ4v) is 5.31. The topological polar surface area (TPSA) is 0 Å². The van der Waals surface area contributed by atoms with Gasteiger partial charge in [0.1, 0.15) is 0 Å². The summed E-state index contributed by atoms with van der Waals surface area (Å²) < 4.78 is 0. The normalized spacial score (nSPS) is 33.7. The highest BCUT2D eigenvalue weighted by atomic mass is 14.4. The maximum atomic E-state index is 4.29. The standard InChI is InChI=1S/C25H38/c1-19(2)9-4-6-12-22-17-18-25-23(13-8-14-24(22)25)16-15-21-11-7-5-10-20(21)3/h4,6,15-16,19,22,24-25H,3,5,7-14,17-18H2,1-2H3/b6-4+,21-15-,23-16+. The molecule has 0 saturated heterocycles. The first-order chi connectivity index (χ1) is 12.1. The van der Waals surface area contributed by atoms with Gasteiger partial charge in [0.05, 0.1) is 0 Å². The first kappa shape index (κ1) is 18.7. The molecule has 3 saturated carbocycles. The fraction of sp³-hybridized carbons (Fsp3) is 0.680. The van der Waals surface area contributed by atoms with Crippen LogP contribution in [-0.4, -0.2) is 0 Å². The highest BCUT2D eigenvalue weighted by molar-refractivity contribution is 5.35. The number of hydrogen-bond donors (Lipinski definition) is 0. The van der Waals surface area contributed by atoms with Crippen LogP contribution in [0, 0.1) is 23.7 Å². The Kier molecular flexibility index (Phi) is 6.79. The third kappa shape index (κ3) is 4.99. The molecular weight excluding hydrogens is 300 g/mol. The molecular formula is C25H38. The second-order valence-electron chi connectivity index (χ2n) is 9.08. The molecule has 3 aliphatic rings. The van der Waals surface area contributed by atoms with Crippen molar-refractivity contribution >= 4 is 0 Å². The first-order valence-corrected chi connectivity index (χ1v) is 10.9. The van der Waals surface area contributed by atoms with E-state index in [2.05, 4.69) is 44.7 Å². The molecule has 25 heavy (non-hydrogen) atoms. The molecule has 138 valence electrons. The van der Waals surface area contributed by atoms with E-state index in [9.17, 15) is 0 Å². The SMILES string of the molecule is C=C1CCCC/C1=C/C=C1\CCCC2C(C/C=C/CC(C)C)CCC12. The molecule has 0 aromatic rings. The van der Waals surface area contributed by atoms with Gasteiger partial charge in [0.2, 0.25) is 0 Å². The Labute approximate surface area is 156 Å². The number of fused-ring (bicyclic) bond motifs is 1. The molecule has 0 aliphatic heterocycles. The average molecular weight is 339 g/mol. The van der Waals surface area contributed by atoms with E-state index in [0.717, 1.165) is 23.7 Å². The molecule has 0 amide bonds. The molecule has 0 radical (unpaired) electrons. The summed E-state index contributed by atoms with van der Waals surface area (Å²) in [5.74, 6) is 3.57. The maximum absolute atomic E-state index is 4.29. The zero-order valence-electron chi connectivity index (χ0n) is 16.6. The fourth-order valence-electron chi connectivity index (χ4n) is 5.31. The lowest BCUT2D eigenvalue weighted by Gasteiger charge is -2.31. The summed E-state index contributed by atoms with van der Waals surface area (Å²) in [6.07, 6.45) is 24.7.